The standard InChI is InChI=1S/C30H39F2N5O5S/c1-3-5-9-43(41,42)18-27(36-29(39)26-15-34-19-35-26)30(40)37(16-21-8-6-7-20(4-2)10-21)17-28(38)25(33)13-22-11-23(31)14-24(32)12-22/h6-8,10-12,14-15,19,25,27-28,38H,3-5,9,13,16-18,33H2,1-2H3,(H,34,35)(H,36,39)/t25-,27+,28+/m0/s1. The van der Waals surface area contributed by atoms with E-state index in [4.69, 9.17) is 5.73 Å². The molecule has 0 aliphatic rings. The Hall–Kier alpha value is -3.68. The van der Waals surface area contributed by atoms with Gasteiger partial charge in [0.15, 0.2) is 9.84 Å². The molecule has 0 fully saturated rings. The summed E-state index contributed by atoms with van der Waals surface area (Å²) in [4.78, 5) is 34.7. The van der Waals surface area contributed by atoms with Crippen LogP contribution in [0.3, 0.4) is 0 Å². The number of hydrogen-bond donors (Lipinski definition) is 4. The molecule has 3 aromatic rings. The van der Waals surface area contributed by atoms with Gasteiger partial charge in [-0.3, -0.25) is 9.59 Å². The minimum absolute atomic E-state index is 0.0190. The van der Waals surface area contributed by atoms with Crippen LogP contribution in [0.4, 0.5) is 8.78 Å². The van der Waals surface area contributed by atoms with Gasteiger partial charge >= 0.3 is 0 Å². The molecule has 43 heavy (non-hydrogen) atoms. The Morgan fingerprint density at radius 2 is 1.79 bits per heavy atom. The fourth-order valence-corrected chi connectivity index (χ4v) is 6.24. The molecule has 0 saturated carbocycles. The predicted octanol–water partition coefficient (Wildman–Crippen LogP) is 2.52. The number of nitrogens with one attached hydrogen (secondary N) is 2. The molecule has 3 rings (SSSR count). The van der Waals surface area contributed by atoms with Gasteiger partial charge in [-0.1, -0.05) is 44.5 Å². The van der Waals surface area contributed by atoms with Crippen molar-refractivity contribution in [1.29, 1.82) is 0 Å². The molecule has 2 amide bonds. The largest absolute Gasteiger partial charge is 0.390 e. The van der Waals surface area contributed by atoms with Gasteiger partial charge in [0.2, 0.25) is 5.91 Å². The van der Waals surface area contributed by atoms with Crippen molar-refractivity contribution < 1.29 is 31.9 Å². The zero-order chi connectivity index (χ0) is 31.6. The van der Waals surface area contributed by atoms with Crippen molar-refractivity contribution in [3.05, 3.63) is 89.0 Å². The van der Waals surface area contributed by atoms with E-state index in [0.717, 1.165) is 30.2 Å². The Morgan fingerprint density at radius 1 is 1.09 bits per heavy atom. The molecule has 1 aromatic heterocycles. The maximum Gasteiger partial charge on any atom is 0.272 e. The number of carbonyl (C=O) groups is 2. The topological polar surface area (TPSA) is 158 Å². The minimum atomic E-state index is -3.76. The van der Waals surface area contributed by atoms with Crippen molar-refractivity contribution in [2.75, 3.05) is 18.1 Å². The normalized spacial score (nSPS) is 13.7. The molecule has 0 radical (unpaired) electrons. The third-order valence-electron chi connectivity index (χ3n) is 6.94. The Labute approximate surface area is 250 Å². The highest BCUT2D eigenvalue weighted by Gasteiger charge is 2.33. The summed E-state index contributed by atoms with van der Waals surface area (Å²) in [5.74, 6) is -3.88. The highest BCUT2D eigenvalue weighted by Crippen LogP contribution is 2.15. The lowest BCUT2D eigenvalue weighted by Crippen LogP contribution is -2.54. The lowest BCUT2D eigenvalue weighted by Gasteiger charge is -2.31. The van der Waals surface area contributed by atoms with E-state index in [-0.39, 0.29) is 36.5 Å². The van der Waals surface area contributed by atoms with E-state index in [2.05, 4.69) is 15.3 Å². The van der Waals surface area contributed by atoms with E-state index >= 15 is 0 Å². The molecular formula is C30H39F2N5O5S. The van der Waals surface area contributed by atoms with Gasteiger partial charge in [0.25, 0.3) is 5.91 Å². The third-order valence-corrected chi connectivity index (χ3v) is 8.70. The Bertz CT molecular complexity index is 1450. The molecule has 3 atom stereocenters. The van der Waals surface area contributed by atoms with E-state index in [1.54, 1.807) is 6.07 Å². The van der Waals surface area contributed by atoms with Crippen LogP contribution in [0.1, 0.15) is 53.9 Å². The van der Waals surface area contributed by atoms with Crippen LogP contribution in [0.5, 0.6) is 0 Å². The Balaban J connectivity index is 1.91. The first-order valence-corrected chi connectivity index (χ1v) is 16.0. The van der Waals surface area contributed by atoms with Crippen molar-refractivity contribution in [3.8, 4) is 0 Å². The molecule has 5 N–H and O–H groups in total. The summed E-state index contributed by atoms with van der Waals surface area (Å²) in [6.07, 6.45) is 2.89. The maximum atomic E-state index is 14.0. The van der Waals surface area contributed by atoms with Crippen LogP contribution in [0.2, 0.25) is 0 Å². The number of hydrogen-bond acceptors (Lipinski definition) is 7. The fourth-order valence-electron chi connectivity index (χ4n) is 4.61. The van der Waals surface area contributed by atoms with Crippen LogP contribution in [-0.4, -0.2) is 76.4 Å². The van der Waals surface area contributed by atoms with E-state index in [1.165, 1.54) is 17.4 Å². The number of imidazole rings is 1. The van der Waals surface area contributed by atoms with Crippen LogP contribution in [0.25, 0.3) is 0 Å². The van der Waals surface area contributed by atoms with Crippen molar-refractivity contribution in [1.82, 2.24) is 20.2 Å². The van der Waals surface area contributed by atoms with Gasteiger partial charge in [-0.25, -0.2) is 22.2 Å². The lowest BCUT2D eigenvalue weighted by molar-refractivity contribution is -0.135. The molecule has 0 aliphatic carbocycles. The van der Waals surface area contributed by atoms with Gasteiger partial charge in [0, 0.05) is 31.4 Å². The predicted molar refractivity (Wildman–Crippen MR) is 159 cm³/mol. The van der Waals surface area contributed by atoms with Crippen LogP contribution in [0.15, 0.2) is 55.0 Å². The summed E-state index contributed by atoms with van der Waals surface area (Å²) in [7, 11) is -3.76. The molecular weight excluding hydrogens is 580 g/mol. The number of aromatic amines is 1. The number of aryl methyl sites for hydroxylation is 1. The maximum absolute atomic E-state index is 14.0. The number of carbonyl (C=O) groups excluding carboxylic acids is 2. The summed E-state index contributed by atoms with van der Waals surface area (Å²) >= 11 is 0. The molecule has 2 aromatic carbocycles. The first-order chi connectivity index (χ1) is 20.4. The number of unbranched alkanes of at least 4 members (excludes halogenated alkanes) is 1. The van der Waals surface area contributed by atoms with Crippen LogP contribution >= 0.6 is 0 Å². The van der Waals surface area contributed by atoms with Crippen molar-refractivity contribution >= 4 is 21.7 Å². The molecule has 1 heterocycles. The number of halogens is 2. The van der Waals surface area contributed by atoms with E-state index in [1.807, 2.05) is 32.0 Å². The number of benzene rings is 2. The zero-order valence-electron chi connectivity index (χ0n) is 24.3. The van der Waals surface area contributed by atoms with Crippen molar-refractivity contribution in [2.24, 2.45) is 5.73 Å². The van der Waals surface area contributed by atoms with Crippen molar-refractivity contribution in [2.45, 2.75) is 64.3 Å². The van der Waals surface area contributed by atoms with Gasteiger partial charge in [0.05, 0.1) is 23.9 Å². The third kappa shape index (κ3) is 10.5. The van der Waals surface area contributed by atoms with Gasteiger partial charge in [-0.2, -0.15) is 0 Å². The highest BCUT2D eigenvalue weighted by atomic mass is 32.2. The lowest BCUT2D eigenvalue weighted by atomic mass is 10.0. The SMILES string of the molecule is CCCCS(=O)(=O)C[C@@H](NC(=O)c1c[nH]cn1)C(=O)N(Cc1cccc(CC)c1)C[C@@H](O)[C@@H](N)Cc1cc(F)cc(F)c1. The smallest absolute Gasteiger partial charge is 0.272 e. The average Bonchev–Trinajstić information content (AvgIpc) is 3.50. The summed E-state index contributed by atoms with van der Waals surface area (Å²) < 4.78 is 53.3. The summed E-state index contributed by atoms with van der Waals surface area (Å²) in [6.45, 7) is 3.46. The van der Waals surface area contributed by atoms with Gasteiger partial charge < -0.3 is 26.0 Å². The second kappa shape index (κ2) is 15.7. The van der Waals surface area contributed by atoms with E-state index in [0.29, 0.717) is 18.4 Å². The number of aliphatic hydroxyl groups is 1. The van der Waals surface area contributed by atoms with Crippen LogP contribution < -0.4 is 11.1 Å². The molecule has 0 aliphatic heterocycles. The summed E-state index contributed by atoms with van der Waals surface area (Å²) in [5, 5.41) is 13.6. The molecule has 0 saturated heterocycles. The number of nitrogens with two attached hydrogens (primary N) is 1. The first kappa shape index (κ1) is 33.8. The van der Waals surface area contributed by atoms with E-state index < -0.39 is 57.2 Å². The van der Waals surface area contributed by atoms with Crippen LogP contribution in [-0.2, 0) is 34.0 Å². The number of sulfone groups is 1. The summed E-state index contributed by atoms with van der Waals surface area (Å²) in [5.41, 5.74) is 8.11. The number of rotatable bonds is 16. The van der Waals surface area contributed by atoms with Gasteiger partial charge in [-0.15, -0.1) is 0 Å². The number of nitrogens with zero attached hydrogens (tertiary/aromatic N) is 2. The molecule has 0 unspecified atom stereocenters. The van der Waals surface area contributed by atoms with Gasteiger partial charge in [0.1, 0.15) is 23.4 Å². The van der Waals surface area contributed by atoms with Crippen molar-refractivity contribution in [3.63, 3.8) is 0 Å². The second-order valence-electron chi connectivity index (χ2n) is 10.6. The molecule has 0 spiro atoms. The van der Waals surface area contributed by atoms with Crippen LogP contribution in [0, 0.1) is 11.6 Å². The number of H-pyrrole nitrogens is 1. The highest BCUT2D eigenvalue weighted by molar-refractivity contribution is 7.91. The van der Waals surface area contributed by atoms with Gasteiger partial charge in [-0.05, 0) is 48.1 Å². The number of amides is 2. The van der Waals surface area contributed by atoms with E-state index in [9.17, 15) is 31.9 Å². The zero-order valence-corrected chi connectivity index (χ0v) is 25.1. The second-order valence-corrected chi connectivity index (χ2v) is 12.8. The first-order valence-electron chi connectivity index (χ1n) is 14.2. The average molecular weight is 620 g/mol. The number of aliphatic hydroxyl groups excluding tert-OH is 1. The molecule has 0 bridgehead atoms. The minimum Gasteiger partial charge on any atom is -0.390 e. The molecule has 10 nitrogen and oxygen atoms in total. The molecule has 234 valence electrons. The Morgan fingerprint density at radius 3 is 2.42 bits per heavy atom. The quantitative estimate of drug-likeness (QED) is 0.192. The molecule has 13 heteroatoms. The number of aromatic nitrogens is 2. The monoisotopic (exact) mass is 619 g/mol. The fraction of sp³-hybridized carbons (Fsp3) is 0.433. The Kier molecular flexibility index (Phi) is 12.3. The summed E-state index contributed by atoms with van der Waals surface area (Å²) in [6, 6.07) is 7.85.